The average molecular weight is 288 g/mol. The van der Waals surface area contributed by atoms with Crippen molar-refractivity contribution < 1.29 is 0 Å². The molecule has 9 heteroatoms. The molecule has 0 radical (unpaired) electrons. The molecule has 8 nitrogen and oxygen atoms in total. The Bertz CT molecular complexity index is 664. The zero-order valence-corrected chi connectivity index (χ0v) is 11.5. The summed E-state index contributed by atoms with van der Waals surface area (Å²) in [6, 6.07) is 1.95. The van der Waals surface area contributed by atoms with Crippen molar-refractivity contribution in [2.75, 3.05) is 17.2 Å². The number of hydrogen-bond donors (Lipinski definition) is 2. The van der Waals surface area contributed by atoms with Gasteiger partial charge in [0, 0.05) is 11.9 Å². The van der Waals surface area contributed by atoms with E-state index in [0.717, 1.165) is 12.2 Å². The minimum absolute atomic E-state index is 0.408. The molecule has 0 spiro atoms. The van der Waals surface area contributed by atoms with Crippen molar-refractivity contribution in [3.05, 3.63) is 29.5 Å². The molecule has 102 valence electrons. The number of nitrogens with one attached hydrogen (secondary N) is 2. The molecule has 0 saturated carbocycles. The topological polar surface area (TPSA) is 93.4 Å². The first-order valence-corrected chi connectivity index (χ1v) is 6.93. The summed E-state index contributed by atoms with van der Waals surface area (Å²) in [6.07, 6.45) is 2.97. The predicted octanol–water partition coefficient (Wildman–Crippen LogP) is 1.69. The molecule has 0 aliphatic heterocycles. The average Bonchev–Trinajstić information content (AvgIpc) is 3.11. The Kier molecular flexibility index (Phi) is 3.50. The smallest absolute Gasteiger partial charge is 0.258 e. The molecule has 3 heterocycles. The third kappa shape index (κ3) is 2.72. The van der Waals surface area contributed by atoms with Gasteiger partial charge in [-0.15, -0.1) is 0 Å². The summed E-state index contributed by atoms with van der Waals surface area (Å²) in [5.74, 6) is 1.36. The van der Waals surface area contributed by atoms with Gasteiger partial charge in [-0.2, -0.15) is 36.1 Å². The van der Waals surface area contributed by atoms with E-state index in [2.05, 4.69) is 35.7 Å². The molecule has 3 rings (SSSR count). The minimum atomic E-state index is 0.408. The zero-order chi connectivity index (χ0) is 13.8. The standard InChI is InChI=1S/C11H12N8S/c1-2-13-9-16-10(15-8-3-4-20-5-8)18-11(17-9)19-7-12-6-14-19/h3-7H,2H2,1H3,(H2,13,15,16,17,18). The van der Waals surface area contributed by atoms with Gasteiger partial charge in [-0.05, 0) is 18.4 Å². The van der Waals surface area contributed by atoms with Crippen LogP contribution in [0.3, 0.4) is 0 Å². The van der Waals surface area contributed by atoms with Gasteiger partial charge >= 0.3 is 0 Å². The maximum Gasteiger partial charge on any atom is 0.258 e. The van der Waals surface area contributed by atoms with E-state index in [1.807, 2.05) is 23.8 Å². The number of hydrogen-bond acceptors (Lipinski definition) is 8. The van der Waals surface area contributed by atoms with Crippen LogP contribution in [-0.4, -0.2) is 36.3 Å². The third-order valence-corrected chi connectivity index (χ3v) is 3.04. The van der Waals surface area contributed by atoms with Crippen molar-refractivity contribution in [2.24, 2.45) is 0 Å². The molecule has 0 amide bonds. The Morgan fingerprint density at radius 1 is 1.25 bits per heavy atom. The summed E-state index contributed by atoms with van der Waals surface area (Å²) >= 11 is 1.60. The van der Waals surface area contributed by atoms with Gasteiger partial charge in [0.2, 0.25) is 11.9 Å². The van der Waals surface area contributed by atoms with Gasteiger partial charge in [-0.1, -0.05) is 0 Å². The van der Waals surface area contributed by atoms with Crippen LogP contribution in [0.25, 0.3) is 5.95 Å². The first kappa shape index (κ1) is 12.5. The van der Waals surface area contributed by atoms with Crippen molar-refractivity contribution in [1.29, 1.82) is 0 Å². The minimum Gasteiger partial charge on any atom is -0.354 e. The molecule has 0 aromatic carbocycles. The Morgan fingerprint density at radius 2 is 2.15 bits per heavy atom. The summed E-state index contributed by atoms with van der Waals surface area (Å²) in [5.41, 5.74) is 0.938. The first-order chi connectivity index (χ1) is 9.85. The third-order valence-electron chi connectivity index (χ3n) is 2.36. The summed E-state index contributed by atoms with van der Waals surface area (Å²) in [4.78, 5) is 16.8. The maximum atomic E-state index is 4.32. The summed E-state index contributed by atoms with van der Waals surface area (Å²) in [5, 5.41) is 14.2. The second-order valence-electron chi connectivity index (χ2n) is 3.79. The van der Waals surface area contributed by atoms with Gasteiger partial charge in [0.25, 0.3) is 5.95 Å². The van der Waals surface area contributed by atoms with Crippen LogP contribution in [-0.2, 0) is 0 Å². The fraction of sp³-hybridized carbons (Fsp3) is 0.182. The SMILES string of the molecule is CCNc1nc(Nc2ccsc2)nc(-n2cncn2)n1. The van der Waals surface area contributed by atoms with Crippen molar-refractivity contribution in [3.63, 3.8) is 0 Å². The van der Waals surface area contributed by atoms with E-state index in [1.54, 1.807) is 17.7 Å². The first-order valence-electron chi connectivity index (χ1n) is 5.99. The normalized spacial score (nSPS) is 10.4. The Balaban J connectivity index is 1.96. The summed E-state index contributed by atoms with van der Waals surface area (Å²) in [7, 11) is 0. The highest BCUT2D eigenvalue weighted by Crippen LogP contribution is 2.17. The van der Waals surface area contributed by atoms with Gasteiger partial charge < -0.3 is 10.6 Å². The molecule has 0 saturated heterocycles. The van der Waals surface area contributed by atoms with Crippen molar-refractivity contribution in [1.82, 2.24) is 29.7 Å². The van der Waals surface area contributed by atoms with Gasteiger partial charge in [-0.25, -0.2) is 4.98 Å². The van der Waals surface area contributed by atoms with Crippen molar-refractivity contribution in [3.8, 4) is 5.95 Å². The Hall–Kier alpha value is -2.55. The highest BCUT2D eigenvalue weighted by atomic mass is 32.1. The molecular formula is C11H12N8S. The van der Waals surface area contributed by atoms with Crippen LogP contribution in [0.4, 0.5) is 17.6 Å². The van der Waals surface area contributed by atoms with Crippen LogP contribution in [0.2, 0.25) is 0 Å². The number of anilines is 3. The molecule has 0 atom stereocenters. The number of aromatic nitrogens is 6. The summed E-state index contributed by atoms with van der Waals surface area (Å²) in [6.45, 7) is 2.70. The van der Waals surface area contributed by atoms with Crippen LogP contribution < -0.4 is 10.6 Å². The molecule has 0 unspecified atom stereocenters. The Labute approximate surface area is 119 Å². The zero-order valence-electron chi connectivity index (χ0n) is 10.7. The number of thiophene rings is 1. The van der Waals surface area contributed by atoms with Crippen LogP contribution in [0.15, 0.2) is 29.5 Å². The fourth-order valence-electron chi connectivity index (χ4n) is 1.54. The lowest BCUT2D eigenvalue weighted by atomic mass is 10.5. The quantitative estimate of drug-likeness (QED) is 0.737. The molecule has 0 aliphatic carbocycles. The second kappa shape index (κ2) is 5.61. The Morgan fingerprint density at radius 3 is 2.85 bits per heavy atom. The van der Waals surface area contributed by atoms with Crippen LogP contribution in [0.1, 0.15) is 6.92 Å². The summed E-state index contributed by atoms with van der Waals surface area (Å²) < 4.78 is 1.49. The van der Waals surface area contributed by atoms with Crippen molar-refractivity contribution >= 4 is 28.9 Å². The van der Waals surface area contributed by atoms with Crippen LogP contribution >= 0.6 is 11.3 Å². The highest BCUT2D eigenvalue weighted by molar-refractivity contribution is 7.08. The molecular weight excluding hydrogens is 276 g/mol. The van der Waals surface area contributed by atoms with E-state index < -0.39 is 0 Å². The van der Waals surface area contributed by atoms with Crippen LogP contribution in [0, 0.1) is 0 Å². The van der Waals surface area contributed by atoms with Gasteiger partial charge in [0.05, 0.1) is 5.69 Å². The predicted molar refractivity (Wildman–Crippen MR) is 76.5 cm³/mol. The number of nitrogens with zero attached hydrogens (tertiary/aromatic N) is 6. The molecule has 20 heavy (non-hydrogen) atoms. The van der Waals surface area contributed by atoms with Gasteiger partial charge in [0.15, 0.2) is 0 Å². The maximum absolute atomic E-state index is 4.32. The molecule has 0 fully saturated rings. The fourth-order valence-corrected chi connectivity index (χ4v) is 2.12. The van der Waals surface area contributed by atoms with E-state index in [0.29, 0.717) is 17.8 Å². The van der Waals surface area contributed by atoms with Crippen LogP contribution in [0.5, 0.6) is 0 Å². The molecule has 3 aromatic heterocycles. The second-order valence-corrected chi connectivity index (χ2v) is 4.57. The lowest BCUT2D eigenvalue weighted by Gasteiger charge is -2.08. The van der Waals surface area contributed by atoms with E-state index in [1.165, 1.54) is 11.0 Å². The number of rotatable bonds is 5. The molecule has 3 aromatic rings. The lowest BCUT2D eigenvalue weighted by Crippen LogP contribution is -2.11. The molecule has 2 N–H and O–H groups in total. The lowest BCUT2D eigenvalue weighted by molar-refractivity contribution is 0.797. The molecule has 0 bridgehead atoms. The van der Waals surface area contributed by atoms with Gasteiger partial charge in [-0.3, -0.25) is 0 Å². The van der Waals surface area contributed by atoms with E-state index in [-0.39, 0.29) is 0 Å². The molecule has 0 aliphatic rings. The highest BCUT2D eigenvalue weighted by Gasteiger charge is 2.08. The largest absolute Gasteiger partial charge is 0.354 e. The van der Waals surface area contributed by atoms with E-state index in [4.69, 9.17) is 0 Å². The van der Waals surface area contributed by atoms with E-state index >= 15 is 0 Å². The van der Waals surface area contributed by atoms with Gasteiger partial charge in [0.1, 0.15) is 12.7 Å². The van der Waals surface area contributed by atoms with E-state index in [9.17, 15) is 0 Å². The monoisotopic (exact) mass is 288 g/mol. The van der Waals surface area contributed by atoms with Crippen molar-refractivity contribution in [2.45, 2.75) is 6.92 Å².